The molecular weight excluding hydrogens is 314 g/mol. The van der Waals surface area contributed by atoms with Crippen molar-refractivity contribution < 1.29 is 9.59 Å². The average molecular weight is 337 g/mol. The number of amides is 2. The zero-order valence-corrected chi connectivity index (χ0v) is 14.6. The molecule has 5 heteroatoms. The van der Waals surface area contributed by atoms with Crippen LogP contribution in [0.1, 0.15) is 31.4 Å². The number of anilines is 1. The lowest BCUT2D eigenvalue weighted by molar-refractivity contribution is -0.143. The molecule has 1 N–H and O–H groups in total. The van der Waals surface area contributed by atoms with E-state index in [1.54, 1.807) is 29.4 Å². The zero-order chi connectivity index (χ0) is 17.8. The van der Waals surface area contributed by atoms with Gasteiger partial charge < -0.3 is 10.2 Å². The fourth-order valence-electron chi connectivity index (χ4n) is 3.11. The molecule has 0 saturated carbocycles. The van der Waals surface area contributed by atoms with Gasteiger partial charge in [-0.25, -0.2) is 0 Å². The molecule has 2 atom stereocenters. The minimum Gasteiger partial charge on any atom is -0.326 e. The molecule has 2 aromatic rings. The van der Waals surface area contributed by atoms with E-state index in [9.17, 15) is 9.59 Å². The van der Waals surface area contributed by atoms with Crippen molar-refractivity contribution in [3.8, 4) is 0 Å². The van der Waals surface area contributed by atoms with Crippen LogP contribution in [0, 0.1) is 5.92 Å². The molecule has 1 aliphatic heterocycles. The SMILES string of the molecule is CCC(C)C(=O)N1Cc2ccccc2CC1C(=O)Nc1cccnc1. The summed E-state index contributed by atoms with van der Waals surface area (Å²) in [7, 11) is 0. The standard InChI is InChI=1S/C20H23N3O2/c1-3-14(2)20(25)23-13-16-8-5-4-7-15(16)11-18(23)19(24)22-17-9-6-10-21-12-17/h4-10,12,14,18H,3,11,13H2,1-2H3,(H,22,24). The molecule has 2 amide bonds. The normalized spacial score (nSPS) is 17.5. The van der Waals surface area contributed by atoms with Crippen molar-refractivity contribution in [3.63, 3.8) is 0 Å². The van der Waals surface area contributed by atoms with Crippen molar-refractivity contribution in [2.24, 2.45) is 5.92 Å². The summed E-state index contributed by atoms with van der Waals surface area (Å²) in [6.45, 7) is 4.38. The summed E-state index contributed by atoms with van der Waals surface area (Å²) >= 11 is 0. The number of hydrogen-bond donors (Lipinski definition) is 1. The molecule has 2 unspecified atom stereocenters. The summed E-state index contributed by atoms with van der Waals surface area (Å²) in [6, 6.07) is 11.1. The first-order chi connectivity index (χ1) is 12.1. The molecule has 0 saturated heterocycles. The van der Waals surface area contributed by atoms with Gasteiger partial charge in [0.05, 0.1) is 11.9 Å². The van der Waals surface area contributed by atoms with Gasteiger partial charge in [-0.2, -0.15) is 0 Å². The maximum atomic E-state index is 12.9. The van der Waals surface area contributed by atoms with E-state index in [4.69, 9.17) is 0 Å². The van der Waals surface area contributed by atoms with E-state index in [0.717, 1.165) is 17.5 Å². The molecule has 0 radical (unpaired) electrons. The number of aromatic nitrogens is 1. The summed E-state index contributed by atoms with van der Waals surface area (Å²) in [5.74, 6) is -0.235. The van der Waals surface area contributed by atoms with E-state index >= 15 is 0 Å². The molecule has 1 aromatic carbocycles. The Morgan fingerprint density at radius 2 is 2.00 bits per heavy atom. The third-order valence-electron chi connectivity index (χ3n) is 4.80. The highest BCUT2D eigenvalue weighted by atomic mass is 16.2. The van der Waals surface area contributed by atoms with E-state index in [-0.39, 0.29) is 17.7 Å². The predicted octanol–water partition coefficient (Wildman–Crippen LogP) is 3.02. The van der Waals surface area contributed by atoms with Crippen LogP contribution in [0.15, 0.2) is 48.8 Å². The third-order valence-corrected chi connectivity index (χ3v) is 4.80. The maximum absolute atomic E-state index is 12.9. The van der Waals surface area contributed by atoms with Gasteiger partial charge in [-0.1, -0.05) is 38.1 Å². The Morgan fingerprint density at radius 3 is 2.68 bits per heavy atom. The zero-order valence-electron chi connectivity index (χ0n) is 14.6. The summed E-state index contributed by atoms with van der Waals surface area (Å²) < 4.78 is 0. The van der Waals surface area contributed by atoms with E-state index in [1.165, 1.54) is 0 Å². The molecule has 0 bridgehead atoms. The highest BCUT2D eigenvalue weighted by molar-refractivity contribution is 5.97. The molecule has 0 aliphatic carbocycles. The number of pyridine rings is 1. The van der Waals surface area contributed by atoms with E-state index in [1.807, 2.05) is 38.1 Å². The second-order valence-corrected chi connectivity index (χ2v) is 6.50. The molecule has 1 aliphatic rings. The summed E-state index contributed by atoms with van der Waals surface area (Å²) in [5.41, 5.74) is 2.88. The Bertz CT molecular complexity index is 761. The topological polar surface area (TPSA) is 62.3 Å². The van der Waals surface area contributed by atoms with E-state index in [0.29, 0.717) is 18.7 Å². The number of benzene rings is 1. The van der Waals surface area contributed by atoms with Gasteiger partial charge in [0.2, 0.25) is 11.8 Å². The van der Waals surface area contributed by atoms with Gasteiger partial charge in [0.25, 0.3) is 0 Å². The number of carbonyl (C=O) groups is 2. The number of nitrogens with one attached hydrogen (secondary N) is 1. The highest BCUT2D eigenvalue weighted by Gasteiger charge is 2.35. The van der Waals surface area contributed by atoms with Crippen LogP contribution in [0.2, 0.25) is 0 Å². The molecule has 0 spiro atoms. The van der Waals surface area contributed by atoms with Gasteiger partial charge in [-0.15, -0.1) is 0 Å². The van der Waals surface area contributed by atoms with Gasteiger partial charge in [-0.05, 0) is 29.7 Å². The lowest BCUT2D eigenvalue weighted by Crippen LogP contribution is -2.52. The van der Waals surface area contributed by atoms with Crippen LogP contribution in [0.4, 0.5) is 5.69 Å². The second kappa shape index (κ2) is 7.47. The Kier molecular flexibility index (Phi) is 5.12. The average Bonchev–Trinajstić information content (AvgIpc) is 2.66. The highest BCUT2D eigenvalue weighted by Crippen LogP contribution is 2.26. The lowest BCUT2D eigenvalue weighted by atomic mass is 9.92. The molecule has 2 heterocycles. The quantitative estimate of drug-likeness (QED) is 0.933. The minimum atomic E-state index is -0.503. The summed E-state index contributed by atoms with van der Waals surface area (Å²) in [6.07, 6.45) is 4.55. The van der Waals surface area contributed by atoms with Gasteiger partial charge in [0, 0.05) is 25.1 Å². The van der Waals surface area contributed by atoms with Gasteiger partial charge in [0.15, 0.2) is 0 Å². The first-order valence-electron chi connectivity index (χ1n) is 8.68. The van der Waals surface area contributed by atoms with Crippen molar-refractivity contribution in [1.29, 1.82) is 0 Å². The Morgan fingerprint density at radius 1 is 1.24 bits per heavy atom. The van der Waals surface area contributed by atoms with E-state index in [2.05, 4.69) is 10.3 Å². The lowest BCUT2D eigenvalue weighted by Gasteiger charge is -2.37. The Hall–Kier alpha value is -2.69. The smallest absolute Gasteiger partial charge is 0.247 e. The Labute approximate surface area is 148 Å². The molecule has 0 fully saturated rings. The molecule has 3 rings (SSSR count). The van der Waals surface area contributed by atoms with Crippen LogP contribution < -0.4 is 5.32 Å². The van der Waals surface area contributed by atoms with Crippen molar-refractivity contribution in [3.05, 3.63) is 59.9 Å². The summed E-state index contributed by atoms with van der Waals surface area (Å²) in [5, 5.41) is 2.89. The van der Waals surface area contributed by atoms with Crippen LogP contribution >= 0.6 is 0 Å². The number of carbonyl (C=O) groups excluding carboxylic acids is 2. The van der Waals surface area contributed by atoms with Gasteiger partial charge in [-0.3, -0.25) is 14.6 Å². The molecule has 25 heavy (non-hydrogen) atoms. The first kappa shape index (κ1) is 17.1. The maximum Gasteiger partial charge on any atom is 0.247 e. The number of rotatable bonds is 4. The van der Waals surface area contributed by atoms with Crippen LogP contribution in [-0.4, -0.2) is 27.7 Å². The van der Waals surface area contributed by atoms with Crippen molar-refractivity contribution in [1.82, 2.24) is 9.88 Å². The first-order valence-corrected chi connectivity index (χ1v) is 8.68. The summed E-state index contributed by atoms with van der Waals surface area (Å²) in [4.78, 5) is 31.5. The van der Waals surface area contributed by atoms with Crippen molar-refractivity contribution >= 4 is 17.5 Å². The minimum absolute atomic E-state index is 0.0309. The largest absolute Gasteiger partial charge is 0.326 e. The monoisotopic (exact) mass is 337 g/mol. The third kappa shape index (κ3) is 3.71. The molecule has 1 aromatic heterocycles. The molecule has 5 nitrogen and oxygen atoms in total. The Balaban J connectivity index is 1.87. The van der Waals surface area contributed by atoms with Crippen LogP contribution in [0.25, 0.3) is 0 Å². The van der Waals surface area contributed by atoms with Crippen LogP contribution in [0.5, 0.6) is 0 Å². The molecular formula is C20H23N3O2. The number of fused-ring (bicyclic) bond motifs is 1. The predicted molar refractivity (Wildman–Crippen MR) is 96.8 cm³/mol. The number of hydrogen-bond acceptors (Lipinski definition) is 3. The fraction of sp³-hybridized carbons (Fsp3) is 0.350. The van der Waals surface area contributed by atoms with E-state index < -0.39 is 6.04 Å². The van der Waals surface area contributed by atoms with Crippen molar-refractivity contribution in [2.45, 2.75) is 39.3 Å². The molecule has 130 valence electrons. The fourth-order valence-corrected chi connectivity index (χ4v) is 3.11. The second-order valence-electron chi connectivity index (χ2n) is 6.50. The van der Waals surface area contributed by atoms with Gasteiger partial charge >= 0.3 is 0 Å². The number of nitrogens with zero attached hydrogens (tertiary/aromatic N) is 2. The van der Waals surface area contributed by atoms with Gasteiger partial charge in [0.1, 0.15) is 6.04 Å². The van der Waals surface area contributed by atoms with Crippen molar-refractivity contribution in [2.75, 3.05) is 5.32 Å². The van der Waals surface area contributed by atoms with Crippen LogP contribution in [0.3, 0.4) is 0 Å². The van der Waals surface area contributed by atoms with Crippen LogP contribution in [-0.2, 0) is 22.6 Å².